The van der Waals surface area contributed by atoms with Crippen LogP contribution in [0.2, 0.25) is 0 Å². The smallest absolute Gasteiger partial charge is 0.273 e. The van der Waals surface area contributed by atoms with Crippen LogP contribution in [0.15, 0.2) is 22.9 Å². The number of aryl methyl sites for hydroxylation is 1. The first kappa shape index (κ1) is 10.9. The molecule has 0 aliphatic carbocycles. The highest BCUT2D eigenvalue weighted by Crippen LogP contribution is 2.36. The number of aromatic nitrogens is 1. The molecule has 2 aromatic rings. The van der Waals surface area contributed by atoms with Crippen LogP contribution in [0.4, 0.5) is 0 Å². The van der Waals surface area contributed by atoms with E-state index in [0.717, 1.165) is 18.0 Å². The number of carbonyl (C=O) groups is 1. The molecule has 3 nitrogen and oxygen atoms in total. The van der Waals surface area contributed by atoms with E-state index in [1.807, 2.05) is 23.3 Å². The van der Waals surface area contributed by atoms with Gasteiger partial charge in [-0.25, -0.2) is 4.98 Å². The number of nitrogens with zero attached hydrogens (tertiary/aromatic N) is 2. The molecule has 1 aliphatic rings. The summed E-state index contributed by atoms with van der Waals surface area (Å²) in [5.74, 6) is 0.0685. The highest BCUT2D eigenvalue weighted by molar-refractivity contribution is 7.10. The fraction of sp³-hybridized carbons (Fsp3) is 0.333. The SMILES string of the molecule is Cc1nc(C(=O)N2CCC2c2cccs2)cs1. The van der Waals surface area contributed by atoms with Gasteiger partial charge in [-0.2, -0.15) is 0 Å². The van der Waals surface area contributed by atoms with Crippen LogP contribution in [0.5, 0.6) is 0 Å². The number of hydrogen-bond donors (Lipinski definition) is 0. The minimum Gasteiger partial charge on any atom is -0.329 e. The van der Waals surface area contributed by atoms with Crippen molar-refractivity contribution >= 4 is 28.6 Å². The molecule has 0 N–H and O–H groups in total. The Bertz CT molecular complexity index is 532. The van der Waals surface area contributed by atoms with Gasteiger partial charge in [-0.15, -0.1) is 22.7 Å². The first-order valence-electron chi connectivity index (χ1n) is 5.52. The van der Waals surface area contributed by atoms with Crippen molar-refractivity contribution in [1.29, 1.82) is 0 Å². The molecule has 2 aromatic heterocycles. The summed E-state index contributed by atoms with van der Waals surface area (Å²) >= 11 is 3.24. The van der Waals surface area contributed by atoms with Crippen LogP contribution < -0.4 is 0 Å². The van der Waals surface area contributed by atoms with Gasteiger partial charge in [0.25, 0.3) is 5.91 Å². The maximum atomic E-state index is 12.2. The Hall–Kier alpha value is -1.20. The Morgan fingerprint density at radius 2 is 2.41 bits per heavy atom. The topological polar surface area (TPSA) is 33.2 Å². The van der Waals surface area contributed by atoms with E-state index in [4.69, 9.17) is 0 Å². The van der Waals surface area contributed by atoms with E-state index in [-0.39, 0.29) is 11.9 Å². The van der Waals surface area contributed by atoms with Crippen LogP contribution in [0.3, 0.4) is 0 Å². The number of amides is 1. The largest absolute Gasteiger partial charge is 0.329 e. The van der Waals surface area contributed by atoms with Crippen molar-refractivity contribution in [3.05, 3.63) is 38.5 Å². The van der Waals surface area contributed by atoms with Crippen molar-refractivity contribution in [3.63, 3.8) is 0 Å². The predicted octanol–water partition coefficient (Wildman–Crippen LogP) is 3.10. The fourth-order valence-electron chi connectivity index (χ4n) is 2.02. The van der Waals surface area contributed by atoms with Gasteiger partial charge in [-0.1, -0.05) is 6.07 Å². The van der Waals surface area contributed by atoms with Gasteiger partial charge >= 0.3 is 0 Å². The molecule has 0 bridgehead atoms. The highest BCUT2D eigenvalue weighted by Gasteiger charge is 2.35. The van der Waals surface area contributed by atoms with Gasteiger partial charge in [-0.05, 0) is 24.8 Å². The van der Waals surface area contributed by atoms with Crippen LogP contribution >= 0.6 is 22.7 Å². The minimum absolute atomic E-state index is 0.0685. The number of hydrogen-bond acceptors (Lipinski definition) is 4. The second kappa shape index (κ2) is 4.23. The molecule has 17 heavy (non-hydrogen) atoms. The summed E-state index contributed by atoms with van der Waals surface area (Å²) in [5, 5.41) is 4.85. The first-order chi connectivity index (χ1) is 8.25. The molecule has 1 amide bonds. The second-order valence-electron chi connectivity index (χ2n) is 4.07. The molecule has 0 saturated carbocycles. The van der Waals surface area contributed by atoms with Crippen LogP contribution in [-0.2, 0) is 0 Å². The van der Waals surface area contributed by atoms with Crippen molar-refractivity contribution < 1.29 is 4.79 Å². The van der Waals surface area contributed by atoms with E-state index in [2.05, 4.69) is 16.4 Å². The number of carbonyl (C=O) groups excluding carboxylic acids is 1. The fourth-order valence-corrected chi connectivity index (χ4v) is 3.48. The monoisotopic (exact) mass is 264 g/mol. The number of thiazole rings is 1. The Kier molecular flexibility index (Phi) is 2.72. The third kappa shape index (κ3) is 1.89. The third-order valence-corrected chi connectivity index (χ3v) is 4.74. The van der Waals surface area contributed by atoms with Gasteiger partial charge in [0.1, 0.15) is 5.69 Å². The standard InChI is InChI=1S/C12H12N2OS2/c1-8-13-9(7-17-8)12(15)14-5-4-10(14)11-3-2-6-16-11/h2-3,6-7,10H,4-5H2,1H3. The van der Waals surface area contributed by atoms with Crippen molar-refractivity contribution in [3.8, 4) is 0 Å². The highest BCUT2D eigenvalue weighted by atomic mass is 32.1. The Balaban J connectivity index is 1.79. The zero-order valence-electron chi connectivity index (χ0n) is 9.42. The Morgan fingerprint density at radius 1 is 1.53 bits per heavy atom. The lowest BCUT2D eigenvalue weighted by Gasteiger charge is -2.40. The molecule has 1 unspecified atom stereocenters. The average molecular weight is 264 g/mol. The summed E-state index contributed by atoms with van der Waals surface area (Å²) in [5.41, 5.74) is 0.591. The Morgan fingerprint density at radius 3 is 2.94 bits per heavy atom. The average Bonchev–Trinajstić information content (AvgIpc) is 2.87. The lowest BCUT2D eigenvalue weighted by molar-refractivity contribution is 0.0462. The third-order valence-electron chi connectivity index (χ3n) is 2.99. The first-order valence-corrected chi connectivity index (χ1v) is 7.28. The molecule has 88 valence electrons. The zero-order valence-corrected chi connectivity index (χ0v) is 11.1. The molecule has 3 rings (SSSR count). The maximum absolute atomic E-state index is 12.2. The quantitative estimate of drug-likeness (QED) is 0.835. The van der Waals surface area contributed by atoms with E-state index < -0.39 is 0 Å². The van der Waals surface area contributed by atoms with E-state index in [1.165, 1.54) is 16.2 Å². The molecule has 0 radical (unpaired) electrons. The normalized spacial score (nSPS) is 19.1. The predicted molar refractivity (Wildman–Crippen MR) is 69.6 cm³/mol. The van der Waals surface area contributed by atoms with Gasteiger partial charge in [-0.3, -0.25) is 4.79 Å². The molecule has 5 heteroatoms. The van der Waals surface area contributed by atoms with E-state index in [9.17, 15) is 4.79 Å². The number of rotatable bonds is 2. The maximum Gasteiger partial charge on any atom is 0.273 e. The van der Waals surface area contributed by atoms with E-state index in [0.29, 0.717) is 5.69 Å². The summed E-state index contributed by atoms with van der Waals surface area (Å²) in [6.07, 6.45) is 1.06. The molecule has 0 spiro atoms. The summed E-state index contributed by atoms with van der Waals surface area (Å²) in [6, 6.07) is 4.40. The minimum atomic E-state index is 0.0685. The van der Waals surface area contributed by atoms with Gasteiger partial charge in [0, 0.05) is 16.8 Å². The molecule has 1 aliphatic heterocycles. The van der Waals surface area contributed by atoms with Crippen LogP contribution in [0.1, 0.15) is 32.8 Å². The second-order valence-corrected chi connectivity index (χ2v) is 6.11. The molecular formula is C12H12N2OS2. The lowest BCUT2D eigenvalue weighted by atomic mass is 10.0. The van der Waals surface area contributed by atoms with Crippen molar-refractivity contribution in [1.82, 2.24) is 9.88 Å². The summed E-state index contributed by atoms with van der Waals surface area (Å²) in [6.45, 7) is 2.77. The zero-order chi connectivity index (χ0) is 11.8. The molecule has 1 fully saturated rings. The molecule has 1 atom stereocenters. The van der Waals surface area contributed by atoms with Crippen molar-refractivity contribution in [2.24, 2.45) is 0 Å². The molecular weight excluding hydrogens is 252 g/mol. The molecule has 3 heterocycles. The summed E-state index contributed by atoms with van der Waals surface area (Å²) < 4.78 is 0. The van der Waals surface area contributed by atoms with Gasteiger partial charge in [0.2, 0.25) is 0 Å². The number of thiophene rings is 1. The number of likely N-dealkylation sites (tertiary alicyclic amines) is 1. The summed E-state index contributed by atoms with van der Waals surface area (Å²) in [4.78, 5) is 19.7. The molecule has 0 aromatic carbocycles. The Labute approximate surface area is 108 Å². The summed E-state index contributed by atoms with van der Waals surface area (Å²) in [7, 11) is 0. The van der Waals surface area contributed by atoms with Crippen LogP contribution in [0, 0.1) is 6.92 Å². The van der Waals surface area contributed by atoms with Gasteiger partial charge < -0.3 is 4.90 Å². The van der Waals surface area contributed by atoms with Crippen LogP contribution in [-0.4, -0.2) is 22.3 Å². The lowest BCUT2D eigenvalue weighted by Crippen LogP contribution is -2.44. The molecule has 1 saturated heterocycles. The van der Waals surface area contributed by atoms with E-state index in [1.54, 1.807) is 11.3 Å². The van der Waals surface area contributed by atoms with Crippen LogP contribution in [0.25, 0.3) is 0 Å². The van der Waals surface area contributed by atoms with Gasteiger partial charge in [0.15, 0.2) is 0 Å². The van der Waals surface area contributed by atoms with Crippen molar-refractivity contribution in [2.75, 3.05) is 6.54 Å². The van der Waals surface area contributed by atoms with Gasteiger partial charge in [0.05, 0.1) is 11.0 Å². The van der Waals surface area contributed by atoms with Crippen molar-refractivity contribution in [2.45, 2.75) is 19.4 Å². The van der Waals surface area contributed by atoms with E-state index >= 15 is 0 Å².